The third-order valence-corrected chi connectivity index (χ3v) is 10.5. The van der Waals surface area contributed by atoms with Crippen LogP contribution >= 0.6 is 0 Å². The van der Waals surface area contributed by atoms with Crippen LogP contribution in [0, 0.1) is 13.8 Å². The third-order valence-electron chi connectivity index (χ3n) is 10.5. The number of rotatable bonds is 7. The first-order valence-corrected chi connectivity index (χ1v) is 18.0. The molecule has 0 aliphatic heterocycles. The molecule has 0 amide bonds. The highest BCUT2D eigenvalue weighted by atomic mass is 15.2. The zero-order valence-corrected chi connectivity index (χ0v) is 29.3. The van der Waals surface area contributed by atoms with Gasteiger partial charge in [-0.1, -0.05) is 164 Å². The molecule has 0 atom stereocenters. The van der Waals surface area contributed by atoms with Gasteiger partial charge in [-0.2, -0.15) is 0 Å². The molecule has 1 aromatic heterocycles. The van der Waals surface area contributed by atoms with Crippen molar-refractivity contribution in [2.75, 3.05) is 4.90 Å². The van der Waals surface area contributed by atoms with Crippen molar-refractivity contribution in [3.63, 3.8) is 0 Å². The summed E-state index contributed by atoms with van der Waals surface area (Å²) in [6.45, 7) is 4.59. The minimum Gasteiger partial charge on any atom is -0.354 e. The molecule has 0 spiro atoms. The molecule has 0 fully saturated rings. The Hall–Kier alpha value is -6.64. The predicted molar refractivity (Wildman–Crippen MR) is 222 cm³/mol. The third kappa shape index (κ3) is 5.37. The molecule has 0 saturated carbocycles. The number of fused-ring (bicyclic) bond motifs is 3. The van der Waals surface area contributed by atoms with E-state index in [4.69, 9.17) is 0 Å². The Bertz CT molecular complexity index is 2610. The van der Waals surface area contributed by atoms with Gasteiger partial charge in [0.2, 0.25) is 0 Å². The SMILES string of the molecule is Cc1c(-c2cccc3c2[nH]c2ccccc23)cc(-c2ccccc2)c(N(c2ccccc2-c2ccccc2)c2ccccc2-c2ccccc2)c1C. The van der Waals surface area contributed by atoms with Crippen LogP contribution in [0.1, 0.15) is 11.1 Å². The average molecular weight is 667 g/mol. The molecule has 0 aliphatic carbocycles. The maximum Gasteiger partial charge on any atom is 0.0572 e. The van der Waals surface area contributed by atoms with Crippen LogP contribution in [0.15, 0.2) is 188 Å². The highest BCUT2D eigenvalue weighted by Crippen LogP contribution is 2.51. The molecular weight excluding hydrogens is 629 g/mol. The predicted octanol–water partition coefficient (Wildman–Crippen LogP) is 14.1. The fraction of sp³-hybridized carbons (Fsp3) is 0.0400. The monoisotopic (exact) mass is 666 g/mol. The Balaban J connectivity index is 1.39. The topological polar surface area (TPSA) is 19.0 Å². The molecule has 248 valence electrons. The molecule has 9 aromatic rings. The van der Waals surface area contributed by atoms with Crippen LogP contribution in [0.5, 0.6) is 0 Å². The summed E-state index contributed by atoms with van der Waals surface area (Å²) in [7, 11) is 0. The summed E-state index contributed by atoms with van der Waals surface area (Å²) < 4.78 is 0. The van der Waals surface area contributed by atoms with Gasteiger partial charge in [-0.25, -0.2) is 0 Å². The van der Waals surface area contributed by atoms with E-state index < -0.39 is 0 Å². The van der Waals surface area contributed by atoms with Crippen LogP contribution in [-0.4, -0.2) is 4.98 Å². The van der Waals surface area contributed by atoms with E-state index in [-0.39, 0.29) is 0 Å². The number of anilines is 3. The van der Waals surface area contributed by atoms with Crippen molar-refractivity contribution in [3.05, 3.63) is 199 Å². The fourth-order valence-corrected chi connectivity index (χ4v) is 7.84. The molecule has 8 aromatic carbocycles. The lowest BCUT2D eigenvalue weighted by Gasteiger charge is -2.34. The van der Waals surface area contributed by atoms with Crippen LogP contribution < -0.4 is 4.90 Å². The van der Waals surface area contributed by atoms with Crippen LogP contribution in [0.25, 0.3) is 66.3 Å². The minimum absolute atomic E-state index is 1.13. The van der Waals surface area contributed by atoms with Gasteiger partial charge in [0.1, 0.15) is 0 Å². The standard InChI is InChI=1S/C50H38N2/c1-34-35(2)50(45(38-23-10-5-11-24-38)33-44(34)43-29-18-28-42-41-27-12-15-30-46(41)51-49(42)43)52(47-31-16-13-25-39(47)36-19-6-3-7-20-36)48-32-17-14-26-40(48)37-21-8-4-9-22-37/h3-33,51H,1-2H3. The lowest BCUT2D eigenvalue weighted by atomic mass is 9.87. The minimum atomic E-state index is 1.13. The quantitative estimate of drug-likeness (QED) is 0.179. The number of para-hydroxylation sites is 4. The Morgan fingerprint density at radius 1 is 0.365 bits per heavy atom. The van der Waals surface area contributed by atoms with Crippen molar-refractivity contribution in [1.29, 1.82) is 0 Å². The molecule has 2 nitrogen and oxygen atoms in total. The second-order valence-electron chi connectivity index (χ2n) is 13.4. The molecule has 1 heterocycles. The molecule has 9 rings (SSSR count). The number of nitrogens with zero attached hydrogens (tertiary/aromatic N) is 1. The lowest BCUT2D eigenvalue weighted by Crippen LogP contribution is -2.16. The number of hydrogen-bond donors (Lipinski definition) is 1. The van der Waals surface area contributed by atoms with Crippen molar-refractivity contribution in [2.45, 2.75) is 13.8 Å². The zero-order chi connectivity index (χ0) is 35.0. The highest BCUT2D eigenvalue weighted by molar-refractivity contribution is 6.12. The number of aromatic nitrogens is 1. The van der Waals surface area contributed by atoms with Crippen molar-refractivity contribution in [2.24, 2.45) is 0 Å². The molecule has 0 bridgehead atoms. The van der Waals surface area contributed by atoms with E-state index in [1.807, 2.05) is 0 Å². The number of aromatic amines is 1. The smallest absolute Gasteiger partial charge is 0.0572 e. The zero-order valence-electron chi connectivity index (χ0n) is 29.3. The number of hydrogen-bond acceptors (Lipinski definition) is 1. The van der Waals surface area contributed by atoms with Gasteiger partial charge in [0.25, 0.3) is 0 Å². The largest absolute Gasteiger partial charge is 0.354 e. The van der Waals surface area contributed by atoms with Crippen LogP contribution in [0.3, 0.4) is 0 Å². The van der Waals surface area contributed by atoms with Crippen molar-refractivity contribution in [1.82, 2.24) is 4.98 Å². The Kier molecular flexibility index (Phi) is 7.98. The lowest BCUT2D eigenvalue weighted by molar-refractivity contribution is 1.23. The van der Waals surface area contributed by atoms with Gasteiger partial charge < -0.3 is 9.88 Å². The maximum atomic E-state index is 3.78. The number of nitrogens with one attached hydrogen (secondary N) is 1. The molecule has 52 heavy (non-hydrogen) atoms. The van der Waals surface area contributed by atoms with E-state index in [9.17, 15) is 0 Å². The first-order chi connectivity index (χ1) is 25.7. The Labute approximate surface area is 305 Å². The Morgan fingerprint density at radius 3 is 1.42 bits per heavy atom. The van der Waals surface area contributed by atoms with Gasteiger partial charge in [0.05, 0.1) is 22.6 Å². The van der Waals surface area contributed by atoms with Crippen molar-refractivity contribution in [3.8, 4) is 44.5 Å². The van der Waals surface area contributed by atoms with Gasteiger partial charge in [0, 0.05) is 38.5 Å². The normalized spacial score (nSPS) is 11.3. The second kappa shape index (κ2) is 13.2. The fourth-order valence-electron chi connectivity index (χ4n) is 7.84. The molecule has 0 radical (unpaired) electrons. The average Bonchev–Trinajstić information content (AvgIpc) is 3.60. The molecule has 0 saturated heterocycles. The molecular formula is C50H38N2. The summed E-state index contributed by atoms with van der Waals surface area (Å²) >= 11 is 0. The molecule has 0 aliphatic rings. The van der Waals surface area contributed by atoms with Crippen LogP contribution in [0.2, 0.25) is 0 Å². The van der Waals surface area contributed by atoms with E-state index in [1.165, 1.54) is 77.6 Å². The van der Waals surface area contributed by atoms with Crippen LogP contribution in [-0.2, 0) is 0 Å². The van der Waals surface area contributed by atoms with E-state index in [1.54, 1.807) is 0 Å². The van der Waals surface area contributed by atoms with Gasteiger partial charge in [-0.15, -0.1) is 0 Å². The number of benzene rings is 8. The van der Waals surface area contributed by atoms with E-state index in [0.29, 0.717) is 0 Å². The first kappa shape index (κ1) is 31.3. The van der Waals surface area contributed by atoms with Gasteiger partial charge >= 0.3 is 0 Å². The summed E-state index contributed by atoms with van der Waals surface area (Å²) in [5.74, 6) is 0. The molecule has 0 unspecified atom stereocenters. The van der Waals surface area contributed by atoms with Crippen molar-refractivity contribution >= 4 is 38.9 Å². The summed E-state index contributed by atoms with van der Waals surface area (Å²) in [6.07, 6.45) is 0. The molecule has 1 N–H and O–H groups in total. The van der Waals surface area contributed by atoms with Crippen molar-refractivity contribution < 1.29 is 0 Å². The number of H-pyrrole nitrogens is 1. The first-order valence-electron chi connectivity index (χ1n) is 18.0. The van der Waals surface area contributed by atoms with Gasteiger partial charge in [-0.05, 0) is 71.5 Å². The van der Waals surface area contributed by atoms with Crippen LogP contribution in [0.4, 0.5) is 17.1 Å². The summed E-state index contributed by atoms with van der Waals surface area (Å²) in [6, 6.07) is 67.7. The summed E-state index contributed by atoms with van der Waals surface area (Å²) in [5, 5.41) is 2.49. The van der Waals surface area contributed by atoms with E-state index >= 15 is 0 Å². The second-order valence-corrected chi connectivity index (χ2v) is 13.4. The van der Waals surface area contributed by atoms with E-state index in [0.717, 1.165) is 16.9 Å². The molecule has 2 heteroatoms. The Morgan fingerprint density at radius 2 is 0.827 bits per heavy atom. The van der Waals surface area contributed by atoms with Gasteiger partial charge in [-0.3, -0.25) is 0 Å². The summed E-state index contributed by atoms with van der Waals surface area (Å²) in [5.41, 5.74) is 17.7. The highest BCUT2D eigenvalue weighted by Gasteiger charge is 2.27. The maximum absolute atomic E-state index is 3.78. The summed E-state index contributed by atoms with van der Waals surface area (Å²) in [4.78, 5) is 6.30. The van der Waals surface area contributed by atoms with E-state index in [2.05, 4.69) is 212 Å². The van der Waals surface area contributed by atoms with Gasteiger partial charge in [0.15, 0.2) is 0 Å².